The number of benzene rings is 2. The lowest BCUT2D eigenvalue weighted by Crippen LogP contribution is -2.06. The first-order valence-electron chi connectivity index (χ1n) is 5.65. The fraction of sp³-hybridized carbons (Fsp3) is 0.143. The van der Waals surface area contributed by atoms with Crippen molar-refractivity contribution in [3.63, 3.8) is 0 Å². The Morgan fingerprint density at radius 1 is 1.11 bits per heavy atom. The molecule has 0 aliphatic heterocycles. The Bertz CT molecular complexity index is 602. The maximum Gasteiger partial charge on any atom is 0.141 e. The van der Waals surface area contributed by atoms with Gasteiger partial charge in [-0.05, 0) is 59.3 Å². The first-order chi connectivity index (χ1) is 8.97. The normalized spacial score (nSPS) is 12.3. The Morgan fingerprint density at radius 3 is 2.42 bits per heavy atom. The summed E-state index contributed by atoms with van der Waals surface area (Å²) in [5, 5.41) is 0.655. The molecule has 0 bridgehead atoms. The van der Waals surface area contributed by atoms with Crippen LogP contribution in [0.4, 0.5) is 0 Å². The van der Waals surface area contributed by atoms with Crippen molar-refractivity contribution in [3.05, 3.63) is 55.9 Å². The van der Waals surface area contributed by atoms with Crippen molar-refractivity contribution in [2.24, 2.45) is 5.73 Å². The van der Waals surface area contributed by atoms with E-state index in [1.165, 1.54) is 0 Å². The van der Waals surface area contributed by atoms with Crippen molar-refractivity contribution >= 4 is 43.5 Å². The summed E-state index contributed by atoms with van der Waals surface area (Å²) >= 11 is 12.8. The number of hydrogen-bond donors (Lipinski definition) is 1. The molecule has 2 rings (SSSR count). The van der Waals surface area contributed by atoms with E-state index in [0.717, 1.165) is 20.3 Å². The van der Waals surface area contributed by atoms with Gasteiger partial charge in [0.25, 0.3) is 0 Å². The van der Waals surface area contributed by atoms with Gasteiger partial charge in [-0.3, -0.25) is 0 Å². The van der Waals surface area contributed by atoms with Gasteiger partial charge in [-0.15, -0.1) is 0 Å². The van der Waals surface area contributed by atoms with Crippen molar-refractivity contribution < 1.29 is 4.74 Å². The van der Waals surface area contributed by atoms with E-state index in [-0.39, 0.29) is 6.04 Å². The van der Waals surface area contributed by atoms with Crippen LogP contribution in [0.1, 0.15) is 18.5 Å². The average Bonchev–Trinajstić information content (AvgIpc) is 2.34. The van der Waals surface area contributed by atoms with Gasteiger partial charge in [0.05, 0.1) is 4.47 Å². The molecule has 0 saturated heterocycles. The first-order valence-corrected chi connectivity index (χ1v) is 7.61. The predicted molar refractivity (Wildman–Crippen MR) is 86.0 cm³/mol. The van der Waals surface area contributed by atoms with Crippen molar-refractivity contribution in [2.75, 3.05) is 0 Å². The SMILES string of the molecule is CC(N)c1cc(Br)ccc1Oc1ccc(Cl)cc1Br. The summed E-state index contributed by atoms with van der Waals surface area (Å²) in [6.45, 7) is 1.92. The van der Waals surface area contributed by atoms with E-state index in [1.54, 1.807) is 12.1 Å². The highest BCUT2D eigenvalue weighted by molar-refractivity contribution is 9.10. The summed E-state index contributed by atoms with van der Waals surface area (Å²) < 4.78 is 7.68. The van der Waals surface area contributed by atoms with Gasteiger partial charge in [-0.2, -0.15) is 0 Å². The topological polar surface area (TPSA) is 35.2 Å². The van der Waals surface area contributed by atoms with Gasteiger partial charge < -0.3 is 10.5 Å². The summed E-state index contributed by atoms with van der Waals surface area (Å²) in [4.78, 5) is 0. The van der Waals surface area contributed by atoms with Gasteiger partial charge >= 0.3 is 0 Å². The molecule has 2 nitrogen and oxygen atoms in total. The highest BCUT2D eigenvalue weighted by Gasteiger charge is 2.11. The highest BCUT2D eigenvalue weighted by atomic mass is 79.9. The highest BCUT2D eigenvalue weighted by Crippen LogP contribution is 2.35. The molecule has 1 atom stereocenters. The van der Waals surface area contributed by atoms with E-state index in [0.29, 0.717) is 10.8 Å². The van der Waals surface area contributed by atoms with Gasteiger partial charge in [-0.25, -0.2) is 0 Å². The molecular formula is C14H12Br2ClNO. The lowest BCUT2D eigenvalue weighted by molar-refractivity contribution is 0.469. The molecule has 2 N–H and O–H groups in total. The Hall–Kier alpha value is -0.550. The Morgan fingerprint density at radius 2 is 1.79 bits per heavy atom. The quantitative estimate of drug-likeness (QED) is 0.713. The molecule has 0 spiro atoms. The van der Waals surface area contributed by atoms with Crippen LogP contribution in [0.5, 0.6) is 11.5 Å². The molecule has 0 aromatic heterocycles. The predicted octanol–water partition coefficient (Wildman–Crippen LogP) is 5.68. The molecule has 2 aromatic carbocycles. The van der Waals surface area contributed by atoms with Crippen LogP contribution in [-0.2, 0) is 0 Å². The molecule has 0 saturated carbocycles. The van der Waals surface area contributed by atoms with Crippen LogP contribution in [0.25, 0.3) is 0 Å². The molecule has 0 radical (unpaired) electrons. The van der Waals surface area contributed by atoms with E-state index in [2.05, 4.69) is 31.9 Å². The van der Waals surface area contributed by atoms with Gasteiger partial charge in [0.15, 0.2) is 0 Å². The lowest BCUT2D eigenvalue weighted by atomic mass is 10.1. The number of rotatable bonds is 3. The molecule has 100 valence electrons. The monoisotopic (exact) mass is 403 g/mol. The van der Waals surface area contributed by atoms with Crippen LogP contribution in [0, 0.1) is 0 Å². The lowest BCUT2D eigenvalue weighted by Gasteiger charge is -2.15. The Labute approximate surface area is 134 Å². The fourth-order valence-electron chi connectivity index (χ4n) is 1.64. The summed E-state index contributed by atoms with van der Waals surface area (Å²) in [5.74, 6) is 1.44. The zero-order valence-corrected chi connectivity index (χ0v) is 14.1. The van der Waals surface area contributed by atoms with Crippen molar-refractivity contribution in [2.45, 2.75) is 13.0 Å². The summed E-state index contributed by atoms with van der Waals surface area (Å²) in [6, 6.07) is 11.1. The number of hydrogen-bond acceptors (Lipinski definition) is 2. The second-order valence-electron chi connectivity index (χ2n) is 4.15. The summed E-state index contributed by atoms with van der Waals surface area (Å²) in [5.41, 5.74) is 6.91. The number of halogens is 3. The van der Waals surface area contributed by atoms with Crippen molar-refractivity contribution in [1.82, 2.24) is 0 Å². The molecule has 0 aliphatic rings. The van der Waals surface area contributed by atoms with E-state index in [4.69, 9.17) is 22.1 Å². The van der Waals surface area contributed by atoms with Crippen LogP contribution >= 0.6 is 43.5 Å². The fourth-order valence-corrected chi connectivity index (χ4v) is 2.79. The van der Waals surface area contributed by atoms with Gasteiger partial charge in [0.1, 0.15) is 11.5 Å². The first kappa shape index (κ1) is 14.9. The van der Waals surface area contributed by atoms with E-state index in [1.807, 2.05) is 31.2 Å². The minimum atomic E-state index is -0.112. The molecule has 0 fully saturated rings. The van der Waals surface area contributed by atoms with Crippen LogP contribution in [0.15, 0.2) is 45.3 Å². The Kier molecular flexibility index (Phi) is 4.90. The molecule has 1 unspecified atom stereocenters. The molecule has 0 amide bonds. The third-order valence-corrected chi connectivity index (χ3v) is 3.92. The zero-order chi connectivity index (χ0) is 14.0. The van der Waals surface area contributed by atoms with Crippen LogP contribution in [0.2, 0.25) is 5.02 Å². The standard InChI is InChI=1S/C14H12Br2ClNO/c1-8(18)11-6-9(15)2-4-13(11)19-14-5-3-10(17)7-12(14)16/h2-8H,18H2,1H3. The van der Waals surface area contributed by atoms with Crippen LogP contribution < -0.4 is 10.5 Å². The van der Waals surface area contributed by atoms with Crippen LogP contribution in [-0.4, -0.2) is 0 Å². The number of ether oxygens (including phenoxy) is 1. The van der Waals surface area contributed by atoms with E-state index < -0.39 is 0 Å². The van der Waals surface area contributed by atoms with Crippen molar-refractivity contribution in [3.8, 4) is 11.5 Å². The van der Waals surface area contributed by atoms with E-state index >= 15 is 0 Å². The van der Waals surface area contributed by atoms with Gasteiger partial charge in [0, 0.05) is 21.1 Å². The number of nitrogens with two attached hydrogens (primary N) is 1. The van der Waals surface area contributed by atoms with E-state index in [9.17, 15) is 0 Å². The molecule has 0 heterocycles. The van der Waals surface area contributed by atoms with Crippen LogP contribution in [0.3, 0.4) is 0 Å². The van der Waals surface area contributed by atoms with Gasteiger partial charge in [0.2, 0.25) is 0 Å². The molecule has 2 aromatic rings. The largest absolute Gasteiger partial charge is 0.456 e. The average molecular weight is 406 g/mol. The maximum atomic E-state index is 5.97. The van der Waals surface area contributed by atoms with Crippen molar-refractivity contribution in [1.29, 1.82) is 0 Å². The minimum absolute atomic E-state index is 0.112. The third kappa shape index (κ3) is 3.72. The van der Waals surface area contributed by atoms with Gasteiger partial charge in [-0.1, -0.05) is 27.5 Å². The molecule has 0 aliphatic carbocycles. The minimum Gasteiger partial charge on any atom is -0.456 e. The molecule has 5 heteroatoms. The maximum absolute atomic E-state index is 5.97. The molecular weight excluding hydrogens is 393 g/mol. The molecule has 19 heavy (non-hydrogen) atoms. The Balaban J connectivity index is 2.38. The second-order valence-corrected chi connectivity index (χ2v) is 6.35. The smallest absolute Gasteiger partial charge is 0.141 e. The zero-order valence-electron chi connectivity index (χ0n) is 10.2. The summed E-state index contributed by atoms with van der Waals surface area (Å²) in [6.07, 6.45) is 0. The second kappa shape index (κ2) is 6.27. The summed E-state index contributed by atoms with van der Waals surface area (Å²) in [7, 11) is 0. The third-order valence-electron chi connectivity index (χ3n) is 2.58.